The Balaban J connectivity index is 2.14. The van der Waals surface area contributed by atoms with Gasteiger partial charge in [0, 0.05) is 5.94 Å². The highest BCUT2D eigenvalue weighted by molar-refractivity contribution is 6.27. The van der Waals surface area contributed by atoms with Gasteiger partial charge in [-0.1, -0.05) is 0 Å². The van der Waals surface area contributed by atoms with Gasteiger partial charge in [-0.3, -0.25) is 0 Å². The van der Waals surface area contributed by atoms with Crippen molar-refractivity contribution in [3.8, 4) is 0 Å². The van der Waals surface area contributed by atoms with E-state index in [1.165, 1.54) is 6.42 Å². The topological polar surface area (TPSA) is 32.3 Å². The number of hydrogen-bond acceptors (Lipinski definition) is 2. The van der Waals surface area contributed by atoms with E-state index in [9.17, 15) is 0 Å². The molecule has 0 aromatic rings. The lowest BCUT2D eigenvalue weighted by Gasteiger charge is -1.99. The summed E-state index contributed by atoms with van der Waals surface area (Å²) in [6, 6.07) is 0. The molecule has 0 spiro atoms. The van der Waals surface area contributed by atoms with Gasteiger partial charge < -0.3 is 10.3 Å². The van der Waals surface area contributed by atoms with E-state index in [0.29, 0.717) is 13.4 Å². The van der Waals surface area contributed by atoms with E-state index in [1.54, 1.807) is 0 Å². The molecule has 0 aliphatic carbocycles. The fourth-order valence-corrected chi connectivity index (χ4v) is 0.913. The van der Waals surface area contributed by atoms with Gasteiger partial charge in [0.25, 0.3) is 7.48 Å². The molecule has 1 rings (SSSR count). The summed E-state index contributed by atoms with van der Waals surface area (Å²) < 4.78 is 0. The summed E-state index contributed by atoms with van der Waals surface area (Å²) in [5.74, 6) is 0.403. The molecule has 7 heavy (non-hydrogen) atoms. The number of nitrogens with one attached hydrogen (secondary N) is 1. The molecular weight excluding hydrogens is 88.9 g/mol. The van der Waals surface area contributed by atoms with E-state index in [0.717, 1.165) is 13.0 Å². The first-order valence-electron chi connectivity index (χ1n) is 2.77. The molecule has 0 saturated carbocycles. The van der Waals surface area contributed by atoms with Gasteiger partial charge in [-0.15, -0.1) is 0 Å². The van der Waals surface area contributed by atoms with Gasteiger partial charge in [-0.2, -0.15) is 0 Å². The molecular formula is C4H10BNO. The molecule has 2 nitrogen and oxygen atoms in total. The fourth-order valence-electron chi connectivity index (χ4n) is 0.913. The van der Waals surface area contributed by atoms with Crippen LogP contribution in [0.1, 0.15) is 12.8 Å². The molecule has 0 aromatic carbocycles. The highest BCUT2D eigenvalue weighted by Crippen LogP contribution is 2.00. The van der Waals surface area contributed by atoms with Gasteiger partial charge in [-0.25, -0.2) is 0 Å². The van der Waals surface area contributed by atoms with E-state index in [-0.39, 0.29) is 0 Å². The molecule has 1 unspecified atom stereocenters. The van der Waals surface area contributed by atoms with Crippen molar-refractivity contribution in [1.82, 2.24) is 5.32 Å². The monoisotopic (exact) mass is 99.1 g/mol. The van der Waals surface area contributed by atoms with Crippen LogP contribution in [-0.4, -0.2) is 25.0 Å². The zero-order chi connectivity index (χ0) is 5.11. The molecule has 40 valence electrons. The molecule has 1 fully saturated rings. The minimum absolute atomic E-state index is 0.306. The minimum atomic E-state index is 0.306. The van der Waals surface area contributed by atoms with Crippen LogP contribution in [0.4, 0.5) is 0 Å². The maximum atomic E-state index is 8.50. The second kappa shape index (κ2) is 2.33. The van der Waals surface area contributed by atoms with E-state index in [1.807, 2.05) is 0 Å². The van der Waals surface area contributed by atoms with Crippen molar-refractivity contribution in [2.45, 2.75) is 18.8 Å². The van der Waals surface area contributed by atoms with Gasteiger partial charge in [-0.05, 0) is 19.4 Å². The van der Waals surface area contributed by atoms with Crippen molar-refractivity contribution in [3.05, 3.63) is 0 Å². The maximum absolute atomic E-state index is 8.50. The maximum Gasteiger partial charge on any atom is 0.287 e. The lowest BCUT2D eigenvalue weighted by Crippen LogP contribution is -2.27. The Hall–Kier alpha value is -0.0151. The van der Waals surface area contributed by atoms with Crippen molar-refractivity contribution >= 4 is 7.48 Å². The molecule has 1 aliphatic heterocycles. The largest absolute Gasteiger partial charge is 0.452 e. The number of hydrogen-bond donors (Lipinski definition) is 2. The predicted octanol–water partition coefficient (Wildman–Crippen LogP) is -0.960. The average Bonchev–Trinajstić information content (AvgIpc) is 2.14. The molecule has 0 radical (unpaired) electrons. The van der Waals surface area contributed by atoms with Crippen LogP contribution >= 0.6 is 0 Å². The Labute approximate surface area is 44.2 Å². The molecule has 1 saturated heterocycles. The highest BCUT2D eigenvalue weighted by atomic mass is 16.2. The molecule has 1 heterocycles. The normalized spacial score (nSPS) is 30.7. The summed E-state index contributed by atoms with van der Waals surface area (Å²) in [5, 5.41) is 11.7. The summed E-state index contributed by atoms with van der Waals surface area (Å²) in [6.07, 6.45) is 2.38. The van der Waals surface area contributed by atoms with Gasteiger partial charge in [0.2, 0.25) is 0 Å². The molecule has 0 bridgehead atoms. The first-order chi connectivity index (χ1) is 3.43. The second-order valence-electron chi connectivity index (χ2n) is 1.98. The smallest absolute Gasteiger partial charge is 0.287 e. The molecule has 0 amide bonds. The van der Waals surface area contributed by atoms with Crippen molar-refractivity contribution in [2.75, 3.05) is 6.54 Å². The molecule has 1 atom stereocenters. The van der Waals surface area contributed by atoms with E-state index in [4.69, 9.17) is 5.02 Å². The Morgan fingerprint density at radius 2 is 2.57 bits per heavy atom. The third-order valence-electron chi connectivity index (χ3n) is 1.38. The van der Waals surface area contributed by atoms with Gasteiger partial charge in [0.15, 0.2) is 0 Å². The van der Waals surface area contributed by atoms with Crippen LogP contribution in [0, 0.1) is 0 Å². The summed E-state index contributed by atoms with van der Waals surface area (Å²) in [4.78, 5) is 0. The molecule has 3 heteroatoms. The van der Waals surface area contributed by atoms with Crippen LogP contribution in [0.25, 0.3) is 0 Å². The standard InChI is InChI=1S/C4H10BNO/c7-5-4-2-1-3-6-4/h4-7H,1-3H2. The summed E-state index contributed by atoms with van der Waals surface area (Å²) >= 11 is 0. The van der Waals surface area contributed by atoms with Crippen molar-refractivity contribution < 1.29 is 5.02 Å². The van der Waals surface area contributed by atoms with Crippen molar-refractivity contribution in [1.29, 1.82) is 0 Å². The highest BCUT2D eigenvalue weighted by Gasteiger charge is 2.12. The Bertz CT molecular complexity index is 53.7. The first kappa shape index (κ1) is 5.13. The second-order valence-corrected chi connectivity index (χ2v) is 1.98. The zero-order valence-corrected chi connectivity index (χ0v) is 4.35. The predicted molar refractivity (Wildman–Crippen MR) is 30.4 cm³/mol. The van der Waals surface area contributed by atoms with Crippen molar-refractivity contribution in [3.63, 3.8) is 0 Å². The Morgan fingerprint density at radius 3 is 2.86 bits per heavy atom. The van der Waals surface area contributed by atoms with E-state index >= 15 is 0 Å². The third-order valence-corrected chi connectivity index (χ3v) is 1.38. The minimum Gasteiger partial charge on any atom is -0.452 e. The van der Waals surface area contributed by atoms with Gasteiger partial charge >= 0.3 is 0 Å². The van der Waals surface area contributed by atoms with Crippen LogP contribution in [-0.2, 0) is 0 Å². The van der Waals surface area contributed by atoms with Crippen LogP contribution in [0.5, 0.6) is 0 Å². The van der Waals surface area contributed by atoms with Crippen molar-refractivity contribution in [2.24, 2.45) is 0 Å². The Morgan fingerprint density at radius 1 is 1.71 bits per heavy atom. The first-order valence-corrected chi connectivity index (χ1v) is 2.77. The summed E-state index contributed by atoms with van der Waals surface area (Å²) in [6.45, 7) is 1.09. The Kier molecular flexibility index (Phi) is 1.71. The third kappa shape index (κ3) is 1.18. The lowest BCUT2D eigenvalue weighted by atomic mass is 9.88. The fraction of sp³-hybridized carbons (Fsp3) is 1.00. The van der Waals surface area contributed by atoms with Crippen LogP contribution in [0.15, 0.2) is 0 Å². The van der Waals surface area contributed by atoms with Crippen LogP contribution in [0.2, 0.25) is 0 Å². The van der Waals surface area contributed by atoms with Gasteiger partial charge in [0.1, 0.15) is 0 Å². The van der Waals surface area contributed by atoms with E-state index < -0.39 is 0 Å². The van der Waals surface area contributed by atoms with Crippen LogP contribution in [0.3, 0.4) is 0 Å². The zero-order valence-electron chi connectivity index (χ0n) is 4.35. The summed E-state index contributed by atoms with van der Waals surface area (Å²) in [5.41, 5.74) is 0. The van der Waals surface area contributed by atoms with E-state index in [2.05, 4.69) is 5.32 Å². The molecule has 2 N–H and O–H groups in total. The SMILES string of the molecule is OBC1CCCN1. The molecule has 1 aliphatic rings. The van der Waals surface area contributed by atoms with Crippen LogP contribution < -0.4 is 5.32 Å². The summed E-state index contributed by atoms with van der Waals surface area (Å²) in [7, 11) is 0.306. The quantitative estimate of drug-likeness (QED) is 0.415. The molecule has 0 aromatic heterocycles. The lowest BCUT2D eigenvalue weighted by molar-refractivity contribution is 0.566. The average molecular weight is 98.9 g/mol. The van der Waals surface area contributed by atoms with Gasteiger partial charge in [0.05, 0.1) is 0 Å². The number of rotatable bonds is 1.